The van der Waals surface area contributed by atoms with Crippen molar-refractivity contribution in [2.24, 2.45) is 5.73 Å². The normalized spacial score (nSPS) is 28.0. The van der Waals surface area contributed by atoms with Crippen molar-refractivity contribution < 1.29 is 14.9 Å². The molecule has 124 valence electrons. The predicted octanol–water partition coefficient (Wildman–Crippen LogP) is -1.91. The van der Waals surface area contributed by atoms with Gasteiger partial charge in [0.25, 0.3) is 0 Å². The van der Waals surface area contributed by atoms with E-state index in [2.05, 4.69) is 20.3 Å². The number of fused-ring (bicyclic) bond motifs is 1. The maximum Gasteiger partial charge on any atom is 0.167 e. The first kappa shape index (κ1) is 15.6. The van der Waals surface area contributed by atoms with Crippen LogP contribution in [0.4, 0.5) is 5.82 Å². The maximum absolute atomic E-state index is 10.3. The number of imidazole rings is 1. The van der Waals surface area contributed by atoms with Gasteiger partial charge in [0.05, 0.1) is 6.33 Å². The standard InChI is InChI=1S/C13H19N7O3/c14-2-1-3-16-4-7-9(21)10(22)13(23-7)20-6-19-8-11(15)17-5-18-12(8)20/h1,3,5-7,9-10,13,16,21-22H,2,4,14H2,(H2,15,17,18)/b3-1-. The second kappa shape index (κ2) is 6.46. The van der Waals surface area contributed by atoms with Crippen LogP contribution in [-0.4, -0.2) is 61.1 Å². The summed E-state index contributed by atoms with van der Waals surface area (Å²) in [5.41, 5.74) is 11.9. The van der Waals surface area contributed by atoms with Crippen LogP contribution in [-0.2, 0) is 4.74 Å². The van der Waals surface area contributed by atoms with Crippen molar-refractivity contribution in [2.45, 2.75) is 24.5 Å². The number of anilines is 1. The van der Waals surface area contributed by atoms with E-state index in [4.69, 9.17) is 16.2 Å². The van der Waals surface area contributed by atoms with E-state index in [1.165, 1.54) is 17.2 Å². The highest BCUT2D eigenvalue weighted by molar-refractivity contribution is 5.81. The molecule has 3 rings (SSSR count). The van der Waals surface area contributed by atoms with Crippen LogP contribution in [0.3, 0.4) is 0 Å². The van der Waals surface area contributed by atoms with Gasteiger partial charge >= 0.3 is 0 Å². The van der Waals surface area contributed by atoms with Crippen molar-refractivity contribution in [3.05, 3.63) is 24.9 Å². The number of aromatic nitrogens is 4. The van der Waals surface area contributed by atoms with Crippen LogP contribution in [0, 0.1) is 0 Å². The summed E-state index contributed by atoms with van der Waals surface area (Å²) in [6.45, 7) is 0.740. The van der Waals surface area contributed by atoms with Gasteiger partial charge in [-0.2, -0.15) is 0 Å². The first-order valence-corrected chi connectivity index (χ1v) is 7.16. The summed E-state index contributed by atoms with van der Waals surface area (Å²) in [7, 11) is 0. The number of rotatable bonds is 5. The summed E-state index contributed by atoms with van der Waals surface area (Å²) in [4.78, 5) is 12.1. The summed E-state index contributed by atoms with van der Waals surface area (Å²) in [5.74, 6) is 0.243. The molecule has 7 N–H and O–H groups in total. The maximum atomic E-state index is 10.3. The van der Waals surface area contributed by atoms with Gasteiger partial charge in [0.2, 0.25) is 0 Å². The Balaban J connectivity index is 1.80. The van der Waals surface area contributed by atoms with Crippen LogP contribution in [0.5, 0.6) is 0 Å². The van der Waals surface area contributed by atoms with Crippen LogP contribution in [0.1, 0.15) is 6.23 Å². The van der Waals surface area contributed by atoms with Crippen molar-refractivity contribution in [2.75, 3.05) is 18.8 Å². The number of nitrogens with two attached hydrogens (primary N) is 2. The fourth-order valence-electron chi connectivity index (χ4n) is 2.52. The van der Waals surface area contributed by atoms with Gasteiger partial charge in [-0.05, 0) is 6.20 Å². The number of aliphatic hydroxyl groups excluding tert-OH is 2. The minimum absolute atomic E-state index is 0.243. The lowest BCUT2D eigenvalue weighted by atomic mass is 10.1. The van der Waals surface area contributed by atoms with Gasteiger partial charge in [-0.1, -0.05) is 6.08 Å². The molecule has 0 spiro atoms. The molecule has 10 nitrogen and oxygen atoms in total. The van der Waals surface area contributed by atoms with Gasteiger partial charge in [0, 0.05) is 13.1 Å². The molecule has 1 saturated heterocycles. The van der Waals surface area contributed by atoms with E-state index in [9.17, 15) is 10.2 Å². The average Bonchev–Trinajstić information content (AvgIpc) is 3.09. The molecule has 2 aromatic rings. The lowest BCUT2D eigenvalue weighted by Gasteiger charge is -2.16. The van der Waals surface area contributed by atoms with Gasteiger partial charge in [0.1, 0.15) is 30.2 Å². The van der Waals surface area contributed by atoms with Crippen molar-refractivity contribution in [1.82, 2.24) is 24.8 Å². The smallest absolute Gasteiger partial charge is 0.167 e. The molecule has 0 aliphatic carbocycles. The van der Waals surface area contributed by atoms with E-state index in [-0.39, 0.29) is 5.82 Å². The van der Waals surface area contributed by atoms with Gasteiger partial charge in [-0.15, -0.1) is 0 Å². The zero-order valence-corrected chi connectivity index (χ0v) is 12.3. The summed E-state index contributed by atoms with van der Waals surface area (Å²) < 4.78 is 7.29. The third kappa shape index (κ3) is 2.84. The second-order valence-electron chi connectivity index (χ2n) is 5.18. The van der Waals surface area contributed by atoms with Gasteiger partial charge in [-0.25, -0.2) is 15.0 Å². The molecule has 10 heteroatoms. The van der Waals surface area contributed by atoms with Crippen LogP contribution in [0.25, 0.3) is 11.2 Å². The molecular weight excluding hydrogens is 302 g/mol. The highest BCUT2D eigenvalue weighted by Gasteiger charge is 2.44. The summed E-state index contributed by atoms with van der Waals surface area (Å²) in [6, 6.07) is 0. The number of aliphatic hydroxyl groups is 2. The Morgan fingerprint density at radius 1 is 1.30 bits per heavy atom. The number of nitrogen functional groups attached to an aromatic ring is 1. The van der Waals surface area contributed by atoms with Crippen molar-refractivity contribution in [1.29, 1.82) is 0 Å². The molecule has 1 aliphatic rings. The van der Waals surface area contributed by atoms with Gasteiger partial charge in [-0.3, -0.25) is 4.57 Å². The molecule has 0 bridgehead atoms. The largest absolute Gasteiger partial charge is 0.388 e. The molecule has 1 aliphatic heterocycles. The molecule has 4 atom stereocenters. The molecule has 2 aromatic heterocycles. The number of nitrogens with zero attached hydrogens (tertiary/aromatic N) is 4. The van der Waals surface area contributed by atoms with E-state index in [0.717, 1.165) is 0 Å². The third-order valence-electron chi connectivity index (χ3n) is 3.69. The Bertz CT molecular complexity index is 704. The highest BCUT2D eigenvalue weighted by Crippen LogP contribution is 2.31. The zero-order chi connectivity index (χ0) is 16.4. The van der Waals surface area contributed by atoms with Gasteiger partial charge in [0.15, 0.2) is 17.7 Å². The molecule has 3 heterocycles. The van der Waals surface area contributed by atoms with E-state index >= 15 is 0 Å². The number of nitrogens with one attached hydrogen (secondary N) is 1. The predicted molar refractivity (Wildman–Crippen MR) is 81.9 cm³/mol. The Labute approximate surface area is 131 Å². The summed E-state index contributed by atoms with van der Waals surface area (Å²) in [5, 5.41) is 23.4. The topological polar surface area (TPSA) is 157 Å². The highest BCUT2D eigenvalue weighted by atomic mass is 16.6. The lowest BCUT2D eigenvalue weighted by molar-refractivity contribution is -0.0334. The fourth-order valence-corrected chi connectivity index (χ4v) is 2.52. The van der Waals surface area contributed by atoms with Crippen LogP contribution >= 0.6 is 0 Å². The van der Waals surface area contributed by atoms with Crippen LogP contribution in [0.15, 0.2) is 24.9 Å². The van der Waals surface area contributed by atoms with Crippen LogP contribution in [0.2, 0.25) is 0 Å². The van der Waals surface area contributed by atoms with Crippen molar-refractivity contribution in [3.63, 3.8) is 0 Å². The van der Waals surface area contributed by atoms with E-state index < -0.39 is 24.5 Å². The lowest BCUT2D eigenvalue weighted by Crippen LogP contribution is -2.36. The Morgan fingerprint density at radius 2 is 2.13 bits per heavy atom. The number of ether oxygens (including phenoxy) is 1. The van der Waals surface area contributed by atoms with E-state index in [0.29, 0.717) is 24.3 Å². The zero-order valence-electron chi connectivity index (χ0n) is 12.3. The molecule has 0 saturated carbocycles. The second-order valence-corrected chi connectivity index (χ2v) is 5.18. The molecule has 0 aromatic carbocycles. The molecule has 0 amide bonds. The Kier molecular flexibility index (Phi) is 4.39. The van der Waals surface area contributed by atoms with Gasteiger partial charge < -0.3 is 31.7 Å². The Hall–Kier alpha value is -2.27. The molecule has 4 unspecified atom stereocenters. The summed E-state index contributed by atoms with van der Waals surface area (Å²) in [6.07, 6.45) is 2.62. The SMILES string of the molecule is NC/C=C\NCC1OC(n2cnc3c(N)ncnc32)C(O)C1O. The molecule has 23 heavy (non-hydrogen) atoms. The minimum atomic E-state index is -1.12. The average molecular weight is 321 g/mol. The summed E-state index contributed by atoms with van der Waals surface area (Å²) >= 11 is 0. The number of hydrogen-bond acceptors (Lipinski definition) is 9. The molecule has 1 fully saturated rings. The van der Waals surface area contributed by atoms with Crippen molar-refractivity contribution >= 4 is 17.0 Å². The minimum Gasteiger partial charge on any atom is -0.388 e. The Morgan fingerprint density at radius 3 is 2.91 bits per heavy atom. The molecule has 0 radical (unpaired) electrons. The first-order valence-electron chi connectivity index (χ1n) is 7.16. The fraction of sp³-hybridized carbons (Fsp3) is 0.462. The van der Waals surface area contributed by atoms with E-state index in [1.54, 1.807) is 12.3 Å². The van der Waals surface area contributed by atoms with E-state index in [1.807, 2.05) is 0 Å². The van der Waals surface area contributed by atoms with Crippen molar-refractivity contribution in [3.8, 4) is 0 Å². The molecular formula is C13H19N7O3. The number of hydrogen-bond donors (Lipinski definition) is 5. The quantitative estimate of drug-likeness (QED) is 0.423. The first-order chi connectivity index (χ1) is 11.1. The third-order valence-corrected chi connectivity index (χ3v) is 3.69. The monoisotopic (exact) mass is 321 g/mol. The van der Waals surface area contributed by atoms with Crippen LogP contribution < -0.4 is 16.8 Å².